The van der Waals surface area contributed by atoms with E-state index in [0.29, 0.717) is 23.1 Å². The van der Waals surface area contributed by atoms with Gasteiger partial charge in [-0.2, -0.15) is 5.26 Å². The van der Waals surface area contributed by atoms with Crippen LogP contribution in [0.25, 0.3) is 0 Å². The summed E-state index contributed by atoms with van der Waals surface area (Å²) < 4.78 is 23.5. The number of sulfone groups is 1. The normalized spacial score (nSPS) is 23.6. The molecule has 8 heteroatoms. The molecule has 3 aliphatic rings. The summed E-state index contributed by atoms with van der Waals surface area (Å²) in [5.41, 5.74) is 4.97. The Morgan fingerprint density at radius 2 is 1.90 bits per heavy atom. The smallest absolute Gasteiger partial charge is 0.272 e. The van der Waals surface area contributed by atoms with Crippen molar-refractivity contribution in [3.05, 3.63) is 52.8 Å². The predicted octanol–water partition coefficient (Wildman–Crippen LogP) is 2.93. The van der Waals surface area contributed by atoms with E-state index in [0.717, 1.165) is 41.8 Å². The number of amides is 1. The molecule has 1 aromatic carbocycles. The number of carbonyl (C=O) groups is 1. The number of hydrogen-bond donors (Lipinski definition) is 1. The molecule has 1 aromatic heterocycles. The Bertz CT molecular complexity index is 1170. The van der Waals surface area contributed by atoms with Crippen molar-refractivity contribution in [2.24, 2.45) is 0 Å². The topological polar surface area (TPSA) is 103 Å². The molecule has 5 rings (SSSR count). The van der Waals surface area contributed by atoms with Crippen LogP contribution in [0.15, 0.2) is 30.5 Å². The summed E-state index contributed by atoms with van der Waals surface area (Å²) >= 11 is 0. The molecule has 7 nitrogen and oxygen atoms in total. The summed E-state index contributed by atoms with van der Waals surface area (Å²) in [7, 11) is -3.05. The number of anilines is 2. The fourth-order valence-electron chi connectivity index (χ4n) is 5.06. The largest absolute Gasteiger partial charge is 0.354 e. The lowest BCUT2D eigenvalue weighted by molar-refractivity contribution is 0.0762. The average molecular weight is 423 g/mol. The molecule has 2 atom stereocenters. The molecule has 2 aromatic rings. The van der Waals surface area contributed by atoms with Crippen molar-refractivity contribution in [3.8, 4) is 6.07 Å². The van der Waals surface area contributed by atoms with Crippen molar-refractivity contribution >= 4 is 27.1 Å². The number of benzene rings is 1. The highest BCUT2D eigenvalue weighted by Gasteiger charge is 2.42. The zero-order valence-corrected chi connectivity index (χ0v) is 17.3. The van der Waals surface area contributed by atoms with E-state index in [1.807, 2.05) is 12.1 Å². The van der Waals surface area contributed by atoms with Crippen LogP contribution in [0.3, 0.4) is 0 Å². The van der Waals surface area contributed by atoms with Crippen LogP contribution in [-0.2, 0) is 9.84 Å². The first kappa shape index (κ1) is 19.1. The van der Waals surface area contributed by atoms with E-state index >= 15 is 0 Å². The Morgan fingerprint density at radius 3 is 2.63 bits per heavy atom. The molecule has 1 amide bonds. The van der Waals surface area contributed by atoms with Crippen LogP contribution >= 0.6 is 0 Å². The van der Waals surface area contributed by atoms with E-state index in [2.05, 4.69) is 16.4 Å². The maximum absolute atomic E-state index is 13.2. The van der Waals surface area contributed by atoms with Crippen LogP contribution < -0.4 is 5.32 Å². The second-order valence-electron chi connectivity index (χ2n) is 8.32. The van der Waals surface area contributed by atoms with E-state index in [-0.39, 0.29) is 30.5 Å². The van der Waals surface area contributed by atoms with E-state index in [1.54, 1.807) is 23.2 Å². The third kappa shape index (κ3) is 3.23. The monoisotopic (exact) mass is 422 g/mol. The van der Waals surface area contributed by atoms with Gasteiger partial charge in [0.25, 0.3) is 5.91 Å². The zero-order chi connectivity index (χ0) is 20.9. The van der Waals surface area contributed by atoms with Crippen LogP contribution in [0.4, 0.5) is 11.4 Å². The molecule has 2 heterocycles. The van der Waals surface area contributed by atoms with Crippen molar-refractivity contribution in [1.82, 2.24) is 9.88 Å². The van der Waals surface area contributed by atoms with Crippen LogP contribution in [0, 0.1) is 11.3 Å². The summed E-state index contributed by atoms with van der Waals surface area (Å²) in [6.07, 6.45) is 4.90. The van der Waals surface area contributed by atoms with Gasteiger partial charge in [0.2, 0.25) is 0 Å². The molecular weight excluding hydrogens is 400 g/mol. The zero-order valence-electron chi connectivity index (χ0n) is 16.5. The summed E-state index contributed by atoms with van der Waals surface area (Å²) in [5.74, 6) is 0.607. The molecule has 154 valence electrons. The summed E-state index contributed by atoms with van der Waals surface area (Å²) in [5, 5.41) is 12.6. The number of nitrogens with one attached hydrogen (secondary N) is 1. The number of nitrogens with zero attached hydrogens (tertiary/aromatic N) is 3. The van der Waals surface area contributed by atoms with Gasteiger partial charge in [-0.25, -0.2) is 13.4 Å². The summed E-state index contributed by atoms with van der Waals surface area (Å²) in [6.45, 7) is 0.458. The van der Waals surface area contributed by atoms with Gasteiger partial charge in [0, 0.05) is 18.8 Å². The number of carbonyl (C=O) groups excluding carboxylic acids is 1. The van der Waals surface area contributed by atoms with Crippen LogP contribution in [0.1, 0.15) is 58.3 Å². The lowest BCUT2D eigenvalue weighted by Gasteiger charge is -2.28. The lowest BCUT2D eigenvalue weighted by atomic mass is 9.89. The van der Waals surface area contributed by atoms with Crippen molar-refractivity contribution in [3.63, 3.8) is 0 Å². The quantitative estimate of drug-likeness (QED) is 0.816. The minimum absolute atomic E-state index is 0.0157. The van der Waals surface area contributed by atoms with E-state index in [1.165, 1.54) is 0 Å². The van der Waals surface area contributed by atoms with Gasteiger partial charge >= 0.3 is 0 Å². The maximum atomic E-state index is 13.2. The van der Waals surface area contributed by atoms with Crippen molar-refractivity contribution in [2.75, 3.05) is 29.9 Å². The molecule has 1 saturated carbocycles. The summed E-state index contributed by atoms with van der Waals surface area (Å²) in [6, 6.07) is 9.46. The molecule has 1 saturated heterocycles. The third-order valence-corrected chi connectivity index (χ3v) is 8.12. The third-order valence-electron chi connectivity index (χ3n) is 6.51. The molecule has 2 bridgehead atoms. The average Bonchev–Trinajstić information content (AvgIpc) is 3.36. The van der Waals surface area contributed by atoms with Gasteiger partial charge in [-0.3, -0.25) is 4.79 Å². The molecule has 2 aliphatic carbocycles. The van der Waals surface area contributed by atoms with Gasteiger partial charge in [-0.05, 0) is 60.4 Å². The number of pyridine rings is 1. The standard InChI is InChI=1S/C22H22N4O3S/c23-12-14-2-1-3-17(10-14)25-18-13-24-21(20-16-5-4-15(11-16)19(18)20)22(27)26-6-8-30(28,29)9-7-26/h1-3,10,13,15-16,25H,4-9,11H2. The second-order valence-corrected chi connectivity index (χ2v) is 10.6. The number of nitriles is 1. The molecule has 0 radical (unpaired) electrons. The van der Waals surface area contributed by atoms with Gasteiger partial charge < -0.3 is 10.2 Å². The first-order chi connectivity index (χ1) is 14.4. The lowest BCUT2D eigenvalue weighted by Crippen LogP contribution is -2.44. The van der Waals surface area contributed by atoms with Gasteiger partial charge in [0.1, 0.15) is 5.69 Å². The molecule has 1 N–H and O–H groups in total. The molecule has 30 heavy (non-hydrogen) atoms. The minimum Gasteiger partial charge on any atom is -0.354 e. The summed E-state index contributed by atoms with van der Waals surface area (Å²) in [4.78, 5) is 19.4. The van der Waals surface area contributed by atoms with Crippen molar-refractivity contribution < 1.29 is 13.2 Å². The van der Waals surface area contributed by atoms with E-state index in [9.17, 15) is 13.2 Å². The number of fused-ring (bicyclic) bond motifs is 5. The van der Waals surface area contributed by atoms with Gasteiger partial charge in [0.05, 0.1) is 35.0 Å². The van der Waals surface area contributed by atoms with Crippen LogP contribution in [0.2, 0.25) is 0 Å². The van der Waals surface area contributed by atoms with Crippen molar-refractivity contribution in [2.45, 2.75) is 31.1 Å². The van der Waals surface area contributed by atoms with Gasteiger partial charge in [-0.15, -0.1) is 0 Å². The minimum atomic E-state index is -3.05. The highest BCUT2D eigenvalue weighted by molar-refractivity contribution is 7.91. The highest BCUT2D eigenvalue weighted by atomic mass is 32.2. The number of hydrogen-bond acceptors (Lipinski definition) is 6. The van der Waals surface area contributed by atoms with Crippen molar-refractivity contribution in [1.29, 1.82) is 5.26 Å². The van der Waals surface area contributed by atoms with Crippen LogP contribution in [-0.4, -0.2) is 48.8 Å². The molecule has 2 fully saturated rings. The fraction of sp³-hybridized carbons (Fsp3) is 0.409. The van der Waals surface area contributed by atoms with Gasteiger partial charge in [-0.1, -0.05) is 6.07 Å². The number of rotatable bonds is 3. The SMILES string of the molecule is N#Cc1cccc(Nc2cnc(C(=O)N3CCS(=O)(=O)CC3)c3c2C2CCC3C2)c1. The Kier molecular flexibility index (Phi) is 4.51. The first-order valence-corrected chi connectivity index (χ1v) is 12.1. The molecule has 0 spiro atoms. The Labute approximate surface area is 175 Å². The van der Waals surface area contributed by atoms with E-state index < -0.39 is 9.84 Å². The molecule has 2 unspecified atom stereocenters. The Morgan fingerprint density at radius 1 is 1.17 bits per heavy atom. The second kappa shape index (κ2) is 7.10. The fourth-order valence-corrected chi connectivity index (χ4v) is 6.26. The Hall–Kier alpha value is -2.92. The molecule has 1 aliphatic heterocycles. The maximum Gasteiger partial charge on any atom is 0.272 e. The molecular formula is C22H22N4O3S. The predicted molar refractivity (Wildman–Crippen MR) is 113 cm³/mol. The Balaban J connectivity index is 1.49. The first-order valence-electron chi connectivity index (χ1n) is 10.2. The highest BCUT2D eigenvalue weighted by Crippen LogP contribution is 2.56. The van der Waals surface area contributed by atoms with Gasteiger partial charge in [0.15, 0.2) is 9.84 Å². The van der Waals surface area contributed by atoms with Crippen LogP contribution in [0.5, 0.6) is 0 Å². The number of aromatic nitrogens is 1. The van der Waals surface area contributed by atoms with E-state index in [4.69, 9.17) is 5.26 Å².